The first-order valence-electron chi connectivity index (χ1n) is 9.67. The number of amides is 2. The molecule has 1 aliphatic carbocycles. The van der Waals surface area contributed by atoms with Crippen molar-refractivity contribution >= 4 is 23.2 Å². The first-order valence-corrected chi connectivity index (χ1v) is 9.67. The van der Waals surface area contributed by atoms with Crippen LogP contribution >= 0.6 is 0 Å². The van der Waals surface area contributed by atoms with Gasteiger partial charge in [-0.2, -0.15) is 0 Å². The number of ether oxygens (including phenoxy) is 1. The molecule has 0 aromatic heterocycles. The summed E-state index contributed by atoms with van der Waals surface area (Å²) in [5, 5.41) is 5.76. The van der Waals surface area contributed by atoms with Crippen molar-refractivity contribution in [1.82, 2.24) is 0 Å². The van der Waals surface area contributed by atoms with E-state index in [0.29, 0.717) is 11.4 Å². The van der Waals surface area contributed by atoms with Crippen LogP contribution in [-0.4, -0.2) is 18.4 Å². The second-order valence-corrected chi connectivity index (χ2v) is 8.40. The highest BCUT2D eigenvalue weighted by atomic mass is 16.5. The summed E-state index contributed by atoms with van der Waals surface area (Å²) in [4.78, 5) is 24.2. The van der Waals surface area contributed by atoms with E-state index in [9.17, 15) is 9.59 Å². The second-order valence-electron chi connectivity index (χ2n) is 8.40. The standard InChI is InChI=1S/C23H28N2O3/c1-15-5-10-18(13-20(15)25-22(27)16-6-7-16)24-21(26)14-28-19-11-8-17(9-12-19)23(2,3)4/h5,8-13,16H,6-7,14H2,1-4H3,(H,24,26)(H,25,27). The van der Waals surface area contributed by atoms with Crippen molar-refractivity contribution < 1.29 is 14.3 Å². The van der Waals surface area contributed by atoms with E-state index in [-0.39, 0.29) is 29.8 Å². The lowest BCUT2D eigenvalue weighted by molar-refractivity contribution is -0.118. The summed E-state index contributed by atoms with van der Waals surface area (Å²) in [7, 11) is 0. The molecule has 0 heterocycles. The summed E-state index contributed by atoms with van der Waals surface area (Å²) < 4.78 is 5.58. The normalized spacial score (nSPS) is 13.7. The summed E-state index contributed by atoms with van der Waals surface area (Å²) in [6, 6.07) is 13.3. The van der Waals surface area contributed by atoms with Gasteiger partial charge in [0.25, 0.3) is 5.91 Å². The van der Waals surface area contributed by atoms with Gasteiger partial charge in [-0.15, -0.1) is 0 Å². The molecule has 0 aliphatic heterocycles. The van der Waals surface area contributed by atoms with E-state index in [1.54, 1.807) is 6.07 Å². The predicted octanol–water partition coefficient (Wildman–Crippen LogP) is 4.66. The number of aryl methyl sites for hydroxylation is 1. The maximum atomic E-state index is 12.2. The quantitative estimate of drug-likeness (QED) is 0.766. The Morgan fingerprint density at radius 3 is 2.32 bits per heavy atom. The fourth-order valence-electron chi connectivity index (χ4n) is 2.81. The first-order chi connectivity index (χ1) is 13.2. The number of carbonyl (C=O) groups is 2. The van der Waals surface area contributed by atoms with Gasteiger partial charge in [0.1, 0.15) is 5.75 Å². The van der Waals surface area contributed by atoms with Crippen molar-refractivity contribution in [3.63, 3.8) is 0 Å². The Labute approximate surface area is 166 Å². The SMILES string of the molecule is Cc1ccc(NC(=O)COc2ccc(C(C)(C)C)cc2)cc1NC(=O)C1CC1. The molecule has 2 N–H and O–H groups in total. The van der Waals surface area contributed by atoms with E-state index >= 15 is 0 Å². The van der Waals surface area contributed by atoms with E-state index in [1.165, 1.54) is 5.56 Å². The zero-order valence-electron chi connectivity index (χ0n) is 17.0. The molecule has 0 saturated heterocycles. The molecule has 2 aromatic rings. The summed E-state index contributed by atoms with van der Waals surface area (Å²) in [6.45, 7) is 8.31. The first kappa shape index (κ1) is 19.9. The molecule has 1 aliphatic rings. The van der Waals surface area contributed by atoms with Crippen LogP contribution in [0.4, 0.5) is 11.4 Å². The van der Waals surface area contributed by atoms with Gasteiger partial charge < -0.3 is 15.4 Å². The number of anilines is 2. The van der Waals surface area contributed by atoms with Crippen LogP contribution in [0.2, 0.25) is 0 Å². The van der Waals surface area contributed by atoms with Gasteiger partial charge in [-0.1, -0.05) is 39.0 Å². The third-order valence-corrected chi connectivity index (χ3v) is 4.82. The highest BCUT2D eigenvalue weighted by Crippen LogP contribution is 2.31. The Bertz CT molecular complexity index is 862. The van der Waals surface area contributed by atoms with Crippen LogP contribution in [0, 0.1) is 12.8 Å². The summed E-state index contributed by atoms with van der Waals surface area (Å²) >= 11 is 0. The van der Waals surface area contributed by atoms with Gasteiger partial charge >= 0.3 is 0 Å². The second kappa shape index (κ2) is 8.05. The molecule has 0 unspecified atom stereocenters. The van der Waals surface area contributed by atoms with Crippen molar-refractivity contribution in [3.8, 4) is 5.75 Å². The van der Waals surface area contributed by atoms with Crippen LogP contribution in [0.15, 0.2) is 42.5 Å². The van der Waals surface area contributed by atoms with Gasteiger partial charge in [0, 0.05) is 17.3 Å². The molecule has 5 heteroatoms. The Kier molecular flexibility index (Phi) is 5.73. The molecule has 148 valence electrons. The van der Waals surface area contributed by atoms with Crippen molar-refractivity contribution in [2.75, 3.05) is 17.2 Å². The lowest BCUT2D eigenvalue weighted by Crippen LogP contribution is -2.20. The topological polar surface area (TPSA) is 67.4 Å². The molecule has 0 spiro atoms. The van der Waals surface area contributed by atoms with Gasteiger partial charge in [-0.25, -0.2) is 0 Å². The van der Waals surface area contributed by atoms with Crippen LogP contribution < -0.4 is 15.4 Å². The number of rotatable bonds is 6. The third kappa shape index (κ3) is 5.35. The largest absolute Gasteiger partial charge is 0.484 e. The molecule has 28 heavy (non-hydrogen) atoms. The maximum Gasteiger partial charge on any atom is 0.262 e. The van der Waals surface area contributed by atoms with Gasteiger partial charge in [0.15, 0.2) is 6.61 Å². The number of carbonyl (C=O) groups excluding carboxylic acids is 2. The summed E-state index contributed by atoms with van der Waals surface area (Å²) in [5.74, 6) is 0.594. The lowest BCUT2D eigenvalue weighted by Gasteiger charge is -2.19. The average molecular weight is 380 g/mol. The predicted molar refractivity (Wildman–Crippen MR) is 112 cm³/mol. The van der Waals surface area contributed by atoms with Crippen LogP contribution in [0.3, 0.4) is 0 Å². The average Bonchev–Trinajstić information content (AvgIpc) is 3.47. The number of benzene rings is 2. The molecule has 1 saturated carbocycles. The van der Waals surface area contributed by atoms with Gasteiger partial charge in [-0.05, 0) is 60.6 Å². The van der Waals surface area contributed by atoms with E-state index in [4.69, 9.17) is 4.74 Å². The minimum absolute atomic E-state index is 0.0496. The van der Waals surface area contributed by atoms with Crippen molar-refractivity contribution in [2.45, 2.75) is 46.0 Å². The molecule has 5 nitrogen and oxygen atoms in total. The van der Waals surface area contributed by atoms with Crippen LogP contribution in [-0.2, 0) is 15.0 Å². The molecule has 1 fully saturated rings. The fraction of sp³-hybridized carbons (Fsp3) is 0.391. The minimum atomic E-state index is -0.247. The Hall–Kier alpha value is -2.82. The smallest absolute Gasteiger partial charge is 0.262 e. The highest BCUT2D eigenvalue weighted by Gasteiger charge is 2.29. The number of hydrogen-bond acceptors (Lipinski definition) is 3. The van der Waals surface area contributed by atoms with Crippen molar-refractivity contribution in [3.05, 3.63) is 53.6 Å². The van der Waals surface area contributed by atoms with E-state index in [1.807, 2.05) is 43.3 Å². The van der Waals surface area contributed by atoms with E-state index < -0.39 is 0 Å². The maximum absolute atomic E-state index is 12.2. The van der Waals surface area contributed by atoms with Crippen LogP contribution in [0.25, 0.3) is 0 Å². The minimum Gasteiger partial charge on any atom is -0.484 e. The van der Waals surface area contributed by atoms with Crippen LogP contribution in [0.1, 0.15) is 44.7 Å². The zero-order chi connectivity index (χ0) is 20.3. The van der Waals surface area contributed by atoms with E-state index in [0.717, 1.165) is 24.1 Å². The fourth-order valence-corrected chi connectivity index (χ4v) is 2.81. The molecule has 3 rings (SSSR count). The Morgan fingerprint density at radius 2 is 1.71 bits per heavy atom. The van der Waals surface area contributed by atoms with Gasteiger partial charge in [0.05, 0.1) is 0 Å². The molecule has 2 aromatic carbocycles. The highest BCUT2D eigenvalue weighted by molar-refractivity contribution is 5.96. The zero-order valence-corrected chi connectivity index (χ0v) is 17.0. The number of hydrogen-bond donors (Lipinski definition) is 2. The van der Waals surface area contributed by atoms with Gasteiger partial charge in [0.2, 0.25) is 5.91 Å². The van der Waals surface area contributed by atoms with Crippen molar-refractivity contribution in [2.24, 2.45) is 5.92 Å². The van der Waals surface area contributed by atoms with Gasteiger partial charge in [-0.3, -0.25) is 9.59 Å². The monoisotopic (exact) mass is 380 g/mol. The number of nitrogens with one attached hydrogen (secondary N) is 2. The molecule has 2 amide bonds. The molecule has 0 bridgehead atoms. The Morgan fingerprint density at radius 1 is 1.04 bits per heavy atom. The summed E-state index contributed by atoms with van der Waals surface area (Å²) in [5.41, 5.74) is 3.61. The van der Waals surface area contributed by atoms with E-state index in [2.05, 4.69) is 31.4 Å². The van der Waals surface area contributed by atoms with Crippen molar-refractivity contribution in [1.29, 1.82) is 0 Å². The van der Waals surface area contributed by atoms with Crippen LogP contribution in [0.5, 0.6) is 5.75 Å². The third-order valence-electron chi connectivity index (χ3n) is 4.82. The molecule has 0 atom stereocenters. The Balaban J connectivity index is 1.55. The molecular formula is C23H28N2O3. The summed E-state index contributed by atoms with van der Waals surface area (Å²) in [6.07, 6.45) is 1.91. The lowest BCUT2D eigenvalue weighted by atomic mass is 9.87. The molecular weight excluding hydrogens is 352 g/mol. The molecule has 0 radical (unpaired) electrons.